The topological polar surface area (TPSA) is 63.2 Å². The van der Waals surface area contributed by atoms with Crippen LogP contribution in [0.15, 0.2) is 18.3 Å². The van der Waals surface area contributed by atoms with Crippen LogP contribution in [-0.2, 0) is 4.74 Å². The number of halogens is 3. The first-order valence-corrected chi connectivity index (χ1v) is 6.55. The summed E-state index contributed by atoms with van der Waals surface area (Å²) in [7, 11) is 0. The summed E-state index contributed by atoms with van der Waals surface area (Å²) in [6, 6.07) is 3.27. The van der Waals surface area contributed by atoms with Crippen LogP contribution in [0.2, 0.25) is 0 Å². The Morgan fingerprint density at radius 2 is 2.10 bits per heavy atom. The molecule has 0 aromatic carbocycles. The molecule has 0 saturated carbocycles. The zero-order chi connectivity index (χ0) is 15.7. The molecule has 0 aliphatic rings. The number of hydrogen-bond donors (Lipinski definition) is 2. The minimum Gasteiger partial charge on any atom is -0.384 e. The summed E-state index contributed by atoms with van der Waals surface area (Å²) >= 11 is 0. The number of carbonyl (C=O) groups excluding carboxylic acids is 1. The molecule has 2 N–H and O–H groups in total. The number of alkyl halides is 3. The molecule has 8 heteroatoms. The highest BCUT2D eigenvalue weighted by molar-refractivity contribution is 5.92. The maximum Gasteiger partial charge on any atom is 0.411 e. The van der Waals surface area contributed by atoms with Crippen LogP contribution in [0.25, 0.3) is 0 Å². The SMILES string of the molecule is CCCNc1ccc(C(=O)NCCOCC(F)(F)F)nc1. The van der Waals surface area contributed by atoms with Crippen molar-refractivity contribution in [2.45, 2.75) is 19.5 Å². The molecule has 0 aliphatic carbocycles. The van der Waals surface area contributed by atoms with Crippen molar-refractivity contribution in [2.75, 3.05) is 31.6 Å². The van der Waals surface area contributed by atoms with Crippen molar-refractivity contribution >= 4 is 11.6 Å². The lowest BCUT2D eigenvalue weighted by Gasteiger charge is -2.09. The Balaban J connectivity index is 2.28. The first-order chi connectivity index (χ1) is 9.92. The maximum atomic E-state index is 11.8. The van der Waals surface area contributed by atoms with E-state index in [1.807, 2.05) is 6.92 Å². The summed E-state index contributed by atoms with van der Waals surface area (Å²) < 4.78 is 39.8. The van der Waals surface area contributed by atoms with Gasteiger partial charge in [-0.05, 0) is 18.6 Å². The van der Waals surface area contributed by atoms with E-state index in [0.717, 1.165) is 18.7 Å². The second-order valence-corrected chi connectivity index (χ2v) is 4.28. The predicted molar refractivity (Wildman–Crippen MR) is 72.2 cm³/mol. The molecular weight excluding hydrogens is 287 g/mol. The summed E-state index contributed by atoms with van der Waals surface area (Å²) in [6.07, 6.45) is -1.85. The van der Waals surface area contributed by atoms with Crippen molar-refractivity contribution in [3.8, 4) is 0 Å². The van der Waals surface area contributed by atoms with Gasteiger partial charge < -0.3 is 15.4 Å². The Bertz CT molecular complexity index is 435. The third-order valence-electron chi connectivity index (χ3n) is 2.37. The minimum atomic E-state index is -4.35. The van der Waals surface area contributed by atoms with E-state index in [4.69, 9.17) is 0 Å². The zero-order valence-electron chi connectivity index (χ0n) is 11.7. The summed E-state index contributed by atoms with van der Waals surface area (Å²) in [4.78, 5) is 15.6. The number of nitrogens with one attached hydrogen (secondary N) is 2. The van der Waals surface area contributed by atoms with Gasteiger partial charge >= 0.3 is 6.18 Å². The van der Waals surface area contributed by atoms with E-state index in [9.17, 15) is 18.0 Å². The molecule has 118 valence electrons. The van der Waals surface area contributed by atoms with Gasteiger partial charge in [0.1, 0.15) is 12.3 Å². The molecule has 0 radical (unpaired) electrons. The molecule has 0 atom stereocenters. The van der Waals surface area contributed by atoms with E-state index in [-0.39, 0.29) is 18.8 Å². The van der Waals surface area contributed by atoms with Crippen LogP contribution in [0.3, 0.4) is 0 Å². The number of ether oxygens (including phenoxy) is 1. The monoisotopic (exact) mass is 305 g/mol. The molecule has 0 saturated heterocycles. The van der Waals surface area contributed by atoms with Gasteiger partial charge in [0.25, 0.3) is 5.91 Å². The lowest BCUT2D eigenvalue weighted by molar-refractivity contribution is -0.173. The van der Waals surface area contributed by atoms with Crippen molar-refractivity contribution in [3.63, 3.8) is 0 Å². The number of carbonyl (C=O) groups is 1. The molecule has 0 spiro atoms. The molecule has 1 aromatic rings. The molecule has 21 heavy (non-hydrogen) atoms. The summed E-state index contributed by atoms with van der Waals surface area (Å²) in [6.45, 7) is 1.31. The number of rotatable bonds is 8. The van der Waals surface area contributed by atoms with Crippen molar-refractivity contribution in [1.29, 1.82) is 0 Å². The number of anilines is 1. The number of pyridine rings is 1. The Morgan fingerprint density at radius 1 is 1.33 bits per heavy atom. The van der Waals surface area contributed by atoms with Gasteiger partial charge in [-0.1, -0.05) is 6.92 Å². The van der Waals surface area contributed by atoms with Gasteiger partial charge in [0.05, 0.1) is 18.5 Å². The van der Waals surface area contributed by atoms with Crippen LogP contribution in [0.4, 0.5) is 18.9 Å². The minimum absolute atomic E-state index is 0.00751. The fourth-order valence-corrected chi connectivity index (χ4v) is 1.42. The molecule has 0 fully saturated rings. The first kappa shape index (κ1) is 17.2. The molecule has 5 nitrogen and oxygen atoms in total. The van der Waals surface area contributed by atoms with Gasteiger partial charge in [-0.15, -0.1) is 0 Å². The standard InChI is InChI=1S/C13H18F3N3O2/c1-2-5-17-10-3-4-11(19-8-10)12(20)18-6-7-21-9-13(14,15)16/h3-4,8,17H,2,5-7,9H2,1H3,(H,18,20). The smallest absolute Gasteiger partial charge is 0.384 e. The van der Waals surface area contributed by atoms with Gasteiger partial charge in [-0.25, -0.2) is 4.98 Å². The van der Waals surface area contributed by atoms with Gasteiger partial charge in [-0.2, -0.15) is 13.2 Å². The lowest BCUT2D eigenvalue weighted by atomic mass is 10.3. The van der Waals surface area contributed by atoms with Crippen molar-refractivity contribution < 1.29 is 22.7 Å². The third kappa shape index (κ3) is 7.50. The second kappa shape index (κ2) is 8.46. The average Bonchev–Trinajstić information content (AvgIpc) is 2.44. The second-order valence-electron chi connectivity index (χ2n) is 4.28. The summed E-state index contributed by atoms with van der Waals surface area (Å²) in [5.74, 6) is -0.451. The molecule has 0 aliphatic heterocycles. The molecule has 1 aromatic heterocycles. The molecule has 0 unspecified atom stereocenters. The maximum absolute atomic E-state index is 11.8. The molecule has 0 bridgehead atoms. The van der Waals surface area contributed by atoms with E-state index in [0.29, 0.717) is 0 Å². The quantitative estimate of drug-likeness (QED) is 0.723. The fraction of sp³-hybridized carbons (Fsp3) is 0.538. The highest BCUT2D eigenvalue weighted by Gasteiger charge is 2.27. The lowest BCUT2D eigenvalue weighted by Crippen LogP contribution is -2.29. The Morgan fingerprint density at radius 3 is 2.67 bits per heavy atom. The molecule has 1 heterocycles. The number of hydrogen-bond acceptors (Lipinski definition) is 4. The average molecular weight is 305 g/mol. The summed E-state index contributed by atoms with van der Waals surface area (Å²) in [5.41, 5.74) is 1.01. The Kier molecular flexibility index (Phi) is 6.93. The molecule has 1 rings (SSSR count). The molecule has 1 amide bonds. The van der Waals surface area contributed by atoms with Crippen LogP contribution in [-0.4, -0.2) is 43.4 Å². The normalized spacial score (nSPS) is 11.2. The van der Waals surface area contributed by atoms with Gasteiger partial charge in [0.15, 0.2) is 0 Å². The fourth-order valence-electron chi connectivity index (χ4n) is 1.42. The van der Waals surface area contributed by atoms with Crippen LogP contribution in [0.1, 0.15) is 23.8 Å². The van der Waals surface area contributed by atoms with Crippen molar-refractivity contribution in [2.24, 2.45) is 0 Å². The molecular formula is C13H18F3N3O2. The number of nitrogens with zero attached hydrogens (tertiary/aromatic N) is 1. The van der Waals surface area contributed by atoms with E-state index >= 15 is 0 Å². The van der Waals surface area contributed by atoms with Crippen LogP contribution in [0.5, 0.6) is 0 Å². The van der Waals surface area contributed by atoms with E-state index in [1.165, 1.54) is 6.20 Å². The zero-order valence-corrected chi connectivity index (χ0v) is 11.7. The number of amides is 1. The van der Waals surface area contributed by atoms with Crippen LogP contribution >= 0.6 is 0 Å². The third-order valence-corrected chi connectivity index (χ3v) is 2.37. The Labute approximate surface area is 120 Å². The van der Waals surface area contributed by atoms with Gasteiger partial charge in [0.2, 0.25) is 0 Å². The summed E-state index contributed by atoms with van der Waals surface area (Å²) in [5, 5.41) is 5.55. The highest BCUT2D eigenvalue weighted by atomic mass is 19.4. The van der Waals surface area contributed by atoms with E-state index in [2.05, 4.69) is 20.4 Å². The predicted octanol–water partition coefficient (Wildman–Crippen LogP) is 2.21. The van der Waals surface area contributed by atoms with Crippen molar-refractivity contribution in [1.82, 2.24) is 10.3 Å². The van der Waals surface area contributed by atoms with E-state index in [1.54, 1.807) is 12.1 Å². The van der Waals surface area contributed by atoms with E-state index < -0.39 is 18.7 Å². The van der Waals surface area contributed by atoms with Gasteiger partial charge in [-0.3, -0.25) is 4.79 Å². The number of aromatic nitrogens is 1. The first-order valence-electron chi connectivity index (χ1n) is 6.55. The van der Waals surface area contributed by atoms with Crippen LogP contribution in [0, 0.1) is 0 Å². The van der Waals surface area contributed by atoms with Gasteiger partial charge in [0, 0.05) is 13.1 Å². The van der Waals surface area contributed by atoms with Crippen LogP contribution < -0.4 is 10.6 Å². The highest BCUT2D eigenvalue weighted by Crippen LogP contribution is 2.14. The van der Waals surface area contributed by atoms with Crippen molar-refractivity contribution in [3.05, 3.63) is 24.0 Å². The Hall–Kier alpha value is -1.83. The largest absolute Gasteiger partial charge is 0.411 e.